The van der Waals surface area contributed by atoms with Crippen molar-refractivity contribution >= 4 is 11.3 Å². The van der Waals surface area contributed by atoms with Gasteiger partial charge in [0.15, 0.2) is 0 Å². The van der Waals surface area contributed by atoms with E-state index in [-0.39, 0.29) is 12.1 Å². The maximum absolute atomic E-state index is 10.8. The van der Waals surface area contributed by atoms with Gasteiger partial charge in [0.25, 0.3) is 0 Å². The number of allylic oxidation sites excluding steroid dienone is 3. The summed E-state index contributed by atoms with van der Waals surface area (Å²) in [6.07, 6.45) is 8.68. The van der Waals surface area contributed by atoms with Crippen LogP contribution in [0.15, 0.2) is 53.0 Å². The molecule has 2 aromatic rings. The molecular formula is C33H44N2O2. The highest BCUT2D eigenvalue weighted by atomic mass is 16.5. The molecule has 2 aromatic carbocycles. The standard InChI is InChI=1S/C33H44N2O2/c1-8-25(9-2)13-15-35(7)30-20-28-29(16-21(3)17-31(28)36)33(30)37-32-11-10-26(18-23(32)5)27-19-24(6)34-14-12-22(27)4/h10-12,16-19,25,30,33,36H,8-9,13-15,20H2,1-7H3. The Bertz CT molecular complexity index is 1220. The summed E-state index contributed by atoms with van der Waals surface area (Å²) in [5.41, 5.74) is 9.06. The average Bonchev–Trinajstić information content (AvgIpc) is 3.13. The highest BCUT2D eigenvalue weighted by molar-refractivity contribution is 6.02. The summed E-state index contributed by atoms with van der Waals surface area (Å²) in [6, 6.07) is 10.8. The fourth-order valence-electron chi connectivity index (χ4n) is 5.80. The SMILES string of the molecule is CCC(CC)CCN(C)C1Cc2c(O)cc(C)cc2C1Oc1ccc(C2=CC(C)=NCC=C2C)cc1C. The number of likely N-dealkylation sites (N-methyl/N-ethyl adjacent to an activating group) is 1. The molecule has 37 heavy (non-hydrogen) atoms. The van der Waals surface area contributed by atoms with E-state index < -0.39 is 0 Å². The highest BCUT2D eigenvalue weighted by Gasteiger charge is 2.39. The van der Waals surface area contributed by atoms with Crippen LogP contribution in [0, 0.1) is 19.8 Å². The monoisotopic (exact) mass is 500 g/mol. The number of aryl methyl sites for hydroxylation is 2. The number of benzene rings is 2. The Labute approximate surface area is 223 Å². The number of nitrogens with zero attached hydrogens (tertiary/aromatic N) is 2. The second-order valence-corrected chi connectivity index (χ2v) is 11.0. The van der Waals surface area contributed by atoms with E-state index >= 15 is 0 Å². The van der Waals surface area contributed by atoms with Crippen molar-refractivity contribution in [3.05, 3.63) is 75.9 Å². The van der Waals surface area contributed by atoms with Crippen LogP contribution in [-0.2, 0) is 6.42 Å². The fraction of sp³-hybridized carbons (Fsp3) is 0.485. The van der Waals surface area contributed by atoms with Crippen LogP contribution in [0.1, 0.15) is 80.9 Å². The topological polar surface area (TPSA) is 45.1 Å². The van der Waals surface area contributed by atoms with Gasteiger partial charge < -0.3 is 9.84 Å². The zero-order chi connectivity index (χ0) is 26.7. The minimum absolute atomic E-state index is 0.120. The van der Waals surface area contributed by atoms with Gasteiger partial charge >= 0.3 is 0 Å². The number of aromatic hydroxyl groups is 1. The van der Waals surface area contributed by atoms with Crippen LogP contribution in [0.25, 0.3) is 5.57 Å². The van der Waals surface area contributed by atoms with Crippen molar-refractivity contribution in [2.24, 2.45) is 10.9 Å². The van der Waals surface area contributed by atoms with E-state index in [4.69, 9.17) is 4.74 Å². The van der Waals surface area contributed by atoms with Gasteiger partial charge in [-0.2, -0.15) is 0 Å². The number of hydrogen-bond acceptors (Lipinski definition) is 4. The Morgan fingerprint density at radius 1 is 1.08 bits per heavy atom. The maximum atomic E-state index is 10.8. The normalized spacial score (nSPS) is 19.4. The number of hydrogen-bond donors (Lipinski definition) is 1. The molecule has 1 aliphatic heterocycles. The summed E-state index contributed by atoms with van der Waals surface area (Å²) in [5, 5.41) is 10.8. The second-order valence-electron chi connectivity index (χ2n) is 11.0. The summed E-state index contributed by atoms with van der Waals surface area (Å²) in [7, 11) is 2.21. The molecule has 2 aliphatic rings. The van der Waals surface area contributed by atoms with Crippen molar-refractivity contribution in [2.75, 3.05) is 20.1 Å². The molecule has 0 aromatic heterocycles. The van der Waals surface area contributed by atoms with Crippen LogP contribution in [0.3, 0.4) is 0 Å². The van der Waals surface area contributed by atoms with Crippen LogP contribution < -0.4 is 4.74 Å². The molecule has 4 nitrogen and oxygen atoms in total. The van der Waals surface area contributed by atoms with E-state index in [1.807, 2.05) is 13.0 Å². The summed E-state index contributed by atoms with van der Waals surface area (Å²) >= 11 is 0. The Morgan fingerprint density at radius 2 is 1.84 bits per heavy atom. The number of fused-ring (bicyclic) bond motifs is 1. The largest absolute Gasteiger partial charge is 0.508 e. The summed E-state index contributed by atoms with van der Waals surface area (Å²) in [6.45, 7) is 14.7. The van der Waals surface area contributed by atoms with E-state index in [1.54, 1.807) is 0 Å². The first-order valence-corrected chi connectivity index (χ1v) is 13.9. The molecule has 198 valence electrons. The molecule has 0 saturated carbocycles. The molecule has 0 saturated heterocycles. The molecule has 0 amide bonds. The van der Waals surface area contributed by atoms with Crippen LogP contribution in [0.5, 0.6) is 11.5 Å². The van der Waals surface area contributed by atoms with Crippen molar-refractivity contribution in [3.8, 4) is 11.5 Å². The lowest BCUT2D eigenvalue weighted by Crippen LogP contribution is -2.38. The molecule has 0 spiro atoms. The second kappa shape index (κ2) is 11.7. The minimum Gasteiger partial charge on any atom is -0.508 e. The van der Waals surface area contributed by atoms with Crippen molar-refractivity contribution in [3.63, 3.8) is 0 Å². The molecule has 0 radical (unpaired) electrons. The molecule has 4 heteroatoms. The van der Waals surface area contributed by atoms with Gasteiger partial charge in [-0.3, -0.25) is 9.89 Å². The molecule has 0 bridgehead atoms. The quantitative estimate of drug-likeness (QED) is 0.385. The van der Waals surface area contributed by atoms with Gasteiger partial charge in [-0.1, -0.05) is 44.9 Å². The van der Waals surface area contributed by atoms with Crippen LogP contribution in [0.4, 0.5) is 0 Å². The van der Waals surface area contributed by atoms with Gasteiger partial charge in [0.05, 0.1) is 12.6 Å². The van der Waals surface area contributed by atoms with Crippen LogP contribution in [-0.4, -0.2) is 41.9 Å². The average molecular weight is 501 g/mol. The number of phenolic OH excluding ortho intramolecular Hbond substituents is 1. The van der Waals surface area contributed by atoms with Crippen molar-refractivity contribution in [1.29, 1.82) is 0 Å². The Balaban J connectivity index is 1.63. The number of ether oxygens (including phenoxy) is 1. The lowest BCUT2D eigenvalue weighted by molar-refractivity contribution is 0.0903. The maximum Gasteiger partial charge on any atom is 0.140 e. The van der Waals surface area contributed by atoms with Crippen molar-refractivity contribution in [2.45, 2.75) is 79.4 Å². The van der Waals surface area contributed by atoms with Crippen LogP contribution >= 0.6 is 0 Å². The summed E-state index contributed by atoms with van der Waals surface area (Å²) in [5.74, 6) is 2.05. The molecule has 1 N–H and O–H groups in total. The van der Waals surface area contributed by atoms with Crippen molar-refractivity contribution < 1.29 is 9.84 Å². The third-order valence-electron chi connectivity index (χ3n) is 8.34. The first-order chi connectivity index (χ1) is 17.7. The zero-order valence-electron chi connectivity index (χ0n) is 23.8. The first-order valence-electron chi connectivity index (χ1n) is 13.9. The van der Waals surface area contributed by atoms with Gasteiger partial charge in [0, 0.05) is 16.8 Å². The van der Waals surface area contributed by atoms with Gasteiger partial charge in [0.1, 0.15) is 17.6 Å². The van der Waals surface area contributed by atoms with Gasteiger partial charge in [-0.15, -0.1) is 0 Å². The predicted molar refractivity (Wildman–Crippen MR) is 156 cm³/mol. The molecule has 4 rings (SSSR count). The lowest BCUT2D eigenvalue weighted by Gasteiger charge is -2.31. The van der Waals surface area contributed by atoms with E-state index in [1.165, 1.54) is 36.0 Å². The van der Waals surface area contributed by atoms with E-state index in [0.717, 1.165) is 59.1 Å². The zero-order valence-corrected chi connectivity index (χ0v) is 23.8. The third kappa shape index (κ3) is 6.01. The number of aliphatic imine (C=N–C) groups is 1. The van der Waals surface area contributed by atoms with Crippen LogP contribution in [0.2, 0.25) is 0 Å². The fourth-order valence-corrected chi connectivity index (χ4v) is 5.80. The Hall–Kier alpha value is -2.85. The molecular weight excluding hydrogens is 456 g/mol. The van der Waals surface area contributed by atoms with Gasteiger partial charge in [0.2, 0.25) is 0 Å². The molecule has 2 atom stereocenters. The van der Waals surface area contributed by atoms with Crippen molar-refractivity contribution in [1.82, 2.24) is 4.90 Å². The summed E-state index contributed by atoms with van der Waals surface area (Å²) < 4.78 is 6.84. The molecule has 0 fully saturated rings. The van der Waals surface area contributed by atoms with Gasteiger partial charge in [-0.25, -0.2) is 0 Å². The Morgan fingerprint density at radius 3 is 2.54 bits per heavy atom. The van der Waals surface area contributed by atoms with E-state index in [0.29, 0.717) is 5.75 Å². The van der Waals surface area contributed by atoms with E-state index in [2.05, 4.69) is 88.0 Å². The first kappa shape index (κ1) is 27.2. The Kier molecular flexibility index (Phi) is 8.59. The number of phenols is 1. The number of rotatable bonds is 9. The predicted octanol–water partition coefficient (Wildman–Crippen LogP) is 7.62. The van der Waals surface area contributed by atoms with E-state index in [9.17, 15) is 5.11 Å². The van der Waals surface area contributed by atoms with Gasteiger partial charge in [-0.05, 0) is 112 Å². The molecule has 1 heterocycles. The lowest BCUT2D eigenvalue weighted by atomic mass is 9.96. The smallest absolute Gasteiger partial charge is 0.140 e. The summed E-state index contributed by atoms with van der Waals surface area (Å²) in [4.78, 5) is 7.02. The third-order valence-corrected chi connectivity index (χ3v) is 8.34. The molecule has 1 aliphatic carbocycles. The molecule has 2 unspecified atom stereocenters. The highest BCUT2D eigenvalue weighted by Crippen LogP contribution is 2.43. The minimum atomic E-state index is -0.120.